The second-order valence-electron chi connectivity index (χ2n) is 4.75. The Kier molecular flexibility index (Phi) is 3.55. The first-order valence-electron chi connectivity index (χ1n) is 6.54. The summed E-state index contributed by atoms with van der Waals surface area (Å²) >= 11 is 1.89. The molecule has 1 amide bonds. The predicted octanol–water partition coefficient (Wildman–Crippen LogP) is 1.79. The first kappa shape index (κ1) is 12.7. The molecule has 1 aromatic carbocycles. The largest absolute Gasteiger partial charge is 0.482 e. The first-order chi connectivity index (χ1) is 9.25. The Labute approximate surface area is 117 Å². The normalized spacial score (nSPS) is 26.1. The minimum Gasteiger partial charge on any atom is -0.482 e. The molecular formula is C14H17NO3S. The maximum absolute atomic E-state index is 12.5. The molecule has 2 heterocycles. The van der Waals surface area contributed by atoms with Crippen LogP contribution in [-0.4, -0.2) is 47.6 Å². The second-order valence-corrected chi connectivity index (χ2v) is 5.97. The average molecular weight is 279 g/mol. The minimum absolute atomic E-state index is 0.0438. The molecule has 4 nitrogen and oxygen atoms in total. The molecule has 2 aliphatic rings. The van der Waals surface area contributed by atoms with Crippen LogP contribution in [0.3, 0.4) is 0 Å². The molecular weight excluding hydrogens is 262 g/mol. The summed E-state index contributed by atoms with van der Waals surface area (Å²) in [4.78, 5) is 14.4. The van der Waals surface area contributed by atoms with E-state index in [-0.39, 0.29) is 12.0 Å². The topological polar surface area (TPSA) is 38.8 Å². The van der Waals surface area contributed by atoms with Crippen LogP contribution in [0.1, 0.15) is 6.92 Å². The zero-order valence-electron chi connectivity index (χ0n) is 10.9. The van der Waals surface area contributed by atoms with Gasteiger partial charge in [0.15, 0.2) is 11.5 Å². The highest BCUT2D eigenvalue weighted by atomic mass is 32.2. The van der Waals surface area contributed by atoms with E-state index in [2.05, 4.69) is 0 Å². The van der Waals surface area contributed by atoms with E-state index in [1.54, 1.807) is 0 Å². The average Bonchev–Trinajstić information content (AvgIpc) is 2.47. The molecule has 5 heteroatoms. The molecule has 0 radical (unpaired) electrons. The van der Waals surface area contributed by atoms with E-state index in [4.69, 9.17) is 9.47 Å². The van der Waals surface area contributed by atoms with Crippen molar-refractivity contribution in [2.24, 2.45) is 0 Å². The molecule has 3 rings (SSSR count). The molecule has 0 unspecified atom stereocenters. The number of benzene rings is 1. The van der Waals surface area contributed by atoms with Gasteiger partial charge in [0.1, 0.15) is 6.10 Å². The van der Waals surface area contributed by atoms with Crippen LogP contribution < -0.4 is 9.47 Å². The number of carbonyl (C=O) groups is 1. The maximum atomic E-state index is 12.5. The van der Waals surface area contributed by atoms with Gasteiger partial charge in [0, 0.05) is 24.6 Å². The molecule has 0 bridgehead atoms. The highest BCUT2D eigenvalue weighted by Gasteiger charge is 2.37. The van der Waals surface area contributed by atoms with Crippen LogP contribution in [-0.2, 0) is 4.79 Å². The van der Waals surface area contributed by atoms with Crippen molar-refractivity contribution in [2.75, 3.05) is 24.6 Å². The van der Waals surface area contributed by atoms with Crippen molar-refractivity contribution in [1.82, 2.24) is 4.90 Å². The lowest BCUT2D eigenvalue weighted by molar-refractivity contribution is -0.144. The van der Waals surface area contributed by atoms with E-state index in [0.29, 0.717) is 11.5 Å². The zero-order valence-corrected chi connectivity index (χ0v) is 11.7. The third kappa shape index (κ3) is 2.52. The fraction of sp³-hybridized carbons (Fsp3) is 0.500. The number of amides is 1. The van der Waals surface area contributed by atoms with E-state index in [1.165, 1.54) is 0 Å². The molecule has 102 valence electrons. The van der Waals surface area contributed by atoms with Crippen LogP contribution in [0.2, 0.25) is 0 Å². The number of rotatable bonds is 1. The molecule has 0 aromatic heterocycles. The number of hydrogen-bond acceptors (Lipinski definition) is 4. The number of para-hydroxylation sites is 2. The smallest absolute Gasteiger partial charge is 0.267 e. The molecule has 0 aliphatic carbocycles. The van der Waals surface area contributed by atoms with Gasteiger partial charge in [-0.05, 0) is 19.1 Å². The fourth-order valence-electron chi connectivity index (χ4n) is 2.35. The van der Waals surface area contributed by atoms with Crippen molar-refractivity contribution >= 4 is 17.7 Å². The van der Waals surface area contributed by atoms with Gasteiger partial charge in [-0.25, -0.2) is 0 Å². The molecule has 0 spiro atoms. The minimum atomic E-state index is -0.530. The quantitative estimate of drug-likeness (QED) is 0.785. The number of hydrogen-bond donors (Lipinski definition) is 0. The van der Waals surface area contributed by atoms with E-state index < -0.39 is 6.10 Å². The maximum Gasteiger partial charge on any atom is 0.267 e. The van der Waals surface area contributed by atoms with Crippen LogP contribution in [0.4, 0.5) is 0 Å². The van der Waals surface area contributed by atoms with Gasteiger partial charge < -0.3 is 14.4 Å². The lowest BCUT2D eigenvalue weighted by atomic mass is 10.1. The summed E-state index contributed by atoms with van der Waals surface area (Å²) < 4.78 is 11.6. The SMILES string of the molecule is C[C@H]1Oc2ccccc2O[C@@H]1C(=O)N1CCSCC1. The van der Waals surface area contributed by atoms with E-state index in [1.807, 2.05) is 47.9 Å². The Bertz CT molecular complexity index is 474. The van der Waals surface area contributed by atoms with Crippen molar-refractivity contribution in [3.05, 3.63) is 24.3 Å². The van der Waals surface area contributed by atoms with Crippen molar-refractivity contribution < 1.29 is 14.3 Å². The van der Waals surface area contributed by atoms with Crippen LogP contribution in [0.25, 0.3) is 0 Å². The Balaban J connectivity index is 1.76. The Morgan fingerprint density at radius 3 is 2.53 bits per heavy atom. The molecule has 19 heavy (non-hydrogen) atoms. The van der Waals surface area contributed by atoms with Crippen LogP contribution in [0, 0.1) is 0 Å². The summed E-state index contributed by atoms with van der Waals surface area (Å²) in [6, 6.07) is 7.49. The molecule has 1 saturated heterocycles. The highest BCUT2D eigenvalue weighted by molar-refractivity contribution is 7.99. The number of ether oxygens (including phenoxy) is 2. The van der Waals surface area contributed by atoms with Gasteiger partial charge in [0.2, 0.25) is 6.10 Å². The monoisotopic (exact) mass is 279 g/mol. The Hall–Kier alpha value is -1.36. The molecule has 2 aliphatic heterocycles. The Morgan fingerprint density at radius 2 is 1.84 bits per heavy atom. The lowest BCUT2D eigenvalue weighted by Crippen LogP contribution is -2.52. The molecule has 0 N–H and O–H groups in total. The van der Waals surface area contributed by atoms with Gasteiger partial charge in [-0.3, -0.25) is 4.79 Å². The summed E-state index contributed by atoms with van der Waals surface area (Å²) in [5, 5.41) is 0. The van der Waals surface area contributed by atoms with Crippen LogP contribution >= 0.6 is 11.8 Å². The predicted molar refractivity (Wildman–Crippen MR) is 74.9 cm³/mol. The number of thioether (sulfide) groups is 1. The summed E-state index contributed by atoms with van der Waals surface area (Å²) in [5.41, 5.74) is 0. The second kappa shape index (κ2) is 5.33. The third-order valence-electron chi connectivity index (χ3n) is 3.41. The highest BCUT2D eigenvalue weighted by Crippen LogP contribution is 2.34. The van der Waals surface area contributed by atoms with Gasteiger partial charge in [-0.1, -0.05) is 12.1 Å². The fourth-order valence-corrected chi connectivity index (χ4v) is 3.26. The van der Waals surface area contributed by atoms with Crippen LogP contribution in [0.5, 0.6) is 11.5 Å². The van der Waals surface area contributed by atoms with Gasteiger partial charge in [-0.15, -0.1) is 0 Å². The van der Waals surface area contributed by atoms with E-state index >= 15 is 0 Å². The number of nitrogens with zero attached hydrogens (tertiary/aromatic N) is 1. The van der Waals surface area contributed by atoms with Crippen LogP contribution in [0.15, 0.2) is 24.3 Å². The van der Waals surface area contributed by atoms with Gasteiger partial charge in [-0.2, -0.15) is 11.8 Å². The van der Waals surface area contributed by atoms with Gasteiger partial charge in [0.05, 0.1) is 0 Å². The zero-order chi connectivity index (χ0) is 13.2. The van der Waals surface area contributed by atoms with E-state index in [9.17, 15) is 4.79 Å². The molecule has 1 fully saturated rings. The standard InChI is InChI=1S/C14H17NO3S/c1-10-13(14(16)15-6-8-19-9-7-15)18-12-5-3-2-4-11(12)17-10/h2-5,10,13H,6-9H2,1H3/t10-,13+/m1/s1. The summed E-state index contributed by atoms with van der Waals surface area (Å²) in [7, 11) is 0. The summed E-state index contributed by atoms with van der Waals surface area (Å²) in [6.45, 7) is 3.49. The van der Waals surface area contributed by atoms with Crippen molar-refractivity contribution in [2.45, 2.75) is 19.1 Å². The van der Waals surface area contributed by atoms with Crippen molar-refractivity contribution in [3.8, 4) is 11.5 Å². The Morgan fingerprint density at radius 1 is 1.21 bits per heavy atom. The first-order valence-corrected chi connectivity index (χ1v) is 7.70. The van der Waals surface area contributed by atoms with Crippen molar-refractivity contribution in [1.29, 1.82) is 0 Å². The van der Waals surface area contributed by atoms with Gasteiger partial charge in [0.25, 0.3) is 5.91 Å². The number of fused-ring (bicyclic) bond motifs is 1. The molecule has 2 atom stereocenters. The van der Waals surface area contributed by atoms with E-state index in [0.717, 1.165) is 24.6 Å². The summed E-state index contributed by atoms with van der Waals surface area (Å²) in [5.74, 6) is 3.43. The number of carbonyl (C=O) groups excluding carboxylic acids is 1. The molecule has 1 aromatic rings. The molecule has 0 saturated carbocycles. The lowest BCUT2D eigenvalue weighted by Gasteiger charge is -2.35. The van der Waals surface area contributed by atoms with Crippen molar-refractivity contribution in [3.63, 3.8) is 0 Å². The summed E-state index contributed by atoms with van der Waals surface area (Å²) in [6.07, 6.45) is -0.782. The third-order valence-corrected chi connectivity index (χ3v) is 4.35. The van der Waals surface area contributed by atoms with Gasteiger partial charge >= 0.3 is 0 Å².